The predicted octanol–water partition coefficient (Wildman–Crippen LogP) is 4.60. The summed E-state index contributed by atoms with van der Waals surface area (Å²) in [6, 6.07) is -0.369. The number of aromatic nitrogens is 4. The molecule has 1 aliphatic heterocycles. The molecule has 1 amide bonds. The van der Waals surface area contributed by atoms with Crippen LogP contribution in [0.4, 0.5) is 10.6 Å². The summed E-state index contributed by atoms with van der Waals surface area (Å²) >= 11 is 0. The number of carbonyl (C=O) groups is 3. The maximum absolute atomic E-state index is 13.7. The Labute approximate surface area is 245 Å². The van der Waals surface area contributed by atoms with Gasteiger partial charge in [-0.2, -0.15) is 0 Å². The maximum Gasteiger partial charge on any atom is 0.443 e. The lowest BCUT2D eigenvalue weighted by atomic mass is 9.53. The fourth-order valence-corrected chi connectivity index (χ4v) is 8.48. The van der Waals surface area contributed by atoms with E-state index in [0.717, 1.165) is 19.3 Å². The fourth-order valence-electron chi connectivity index (χ4n) is 8.48. The van der Waals surface area contributed by atoms with E-state index in [0.29, 0.717) is 60.7 Å². The molecule has 228 valence electrons. The SMILES string of the molecule is COC(=O)N(OC(=O)C[C@H](n1cnc2c(N3CCC(C(=O)O)CC3)ncnc21)C(C)(C)C)C12CC3CC(CC(C3)C1)C2. The summed E-state index contributed by atoms with van der Waals surface area (Å²) in [5.74, 6) is 0.733. The van der Waals surface area contributed by atoms with Crippen molar-refractivity contribution in [2.75, 3.05) is 25.1 Å². The van der Waals surface area contributed by atoms with Crippen molar-refractivity contribution in [1.29, 1.82) is 0 Å². The zero-order chi connectivity index (χ0) is 29.8. The number of hydroxylamine groups is 2. The number of ether oxygens (including phenoxy) is 1. The van der Waals surface area contributed by atoms with Crippen LogP contribution in [-0.2, 0) is 19.2 Å². The first-order valence-electron chi connectivity index (χ1n) is 15.2. The van der Waals surface area contributed by atoms with Crippen LogP contribution in [0.1, 0.15) is 84.6 Å². The van der Waals surface area contributed by atoms with Gasteiger partial charge in [0, 0.05) is 13.1 Å². The number of aliphatic carboxylic acids is 1. The molecule has 7 rings (SSSR count). The molecule has 4 aliphatic carbocycles. The molecular formula is C30H42N6O6. The minimum absolute atomic E-state index is 0.0121. The minimum atomic E-state index is -0.763. The number of methoxy groups -OCH3 is 1. The summed E-state index contributed by atoms with van der Waals surface area (Å²) in [4.78, 5) is 59.9. The van der Waals surface area contributed by atoms with Gasteiger partial charge in [0.05, 0.1) is 37.4 Å². The molecule has 5 fully saturated rings. The first kappa shape index (κ1) is 28.7. The normalized spacial score (nSPS) is 28.1. The number of fused-ring (bicyclic) bond motifs is 1. The first-order valence-corrected chi connectivity index (χ1v) is 15.2. The van der Waals surface area contributed by atoms with E-state index in [1.807, 2.05) is 25.3 Å². The van der Waals surface area contributed by atoms with Crippen LogP contribution in [0.25, 0.3) is 11.2 Å². The lowest BCUT2D eigenvalue weighted by Gasteiger charge is -2.58. The van der Waals surface area contributed by atoms with Gasteiger partial charge in [-0.05, 0) is 74.5 Å². The number of carbonyl (C=O) groups excluding carboxylic acids is 2. The highest BCUT2D eigenvalue weighted by molar-refractivity contribution is 5.84. The minimum Gasteiger partial charge on any atom is -0.481 e. The highest BCUT2D eigenvalue weighted by atomic mass is 16.8. The summed E-state index contributed by atoms with van der Waals surface area (Å²) in [7, 11) is 1.33. The molecule has 0 unspecified atom stereocenters. The van der Waals surface area contributed by atoms with E-state index in [1.165, 1.54) is 37.8 Å². The van der Waals surface area contributed by atoms with Crippen molar-refractivity contribution in [2.45, 2.75) is 90.1 Å². The second-order valence-corrected chi connectivity index (χ2v) is 14.1. The van der Waals surface area contributed by atoms with Crippen LogP contribution >= 0.6 is 0 Å². The molecule has 0 radical (unpaired) electrons. The van der Waals surface area contributed by atoms with E-state index < -0.39 is 23.6 Å². The van der Waals surface area contributed by atoms with Gasteiger partial charge in [-0.3, -0.25) is 4.79 Å². The molecule has 5 aliphatic rings. The second kappa shape index (κ2) is 10.7. The monoisotopic (exact) mass is 582 g/mol. The van der Waals surface area contributed by atoms with Crippen LogP contribution in [0, 0.1) is 29.1 Å². The number of carboxylic acid groups (broad SMARTS) is 1. The van der Waals surface area contributed by atoms with Gasteiger partial charge in [0.25, 0.3) is 0 Å². The largest absolute Gasteiger partial charge is 0.481 e. The Morgan fingerprint density at radius 1 is 1.05 bits per heavy atom. The molecule has 0 spiro atoms. The van der Waals surface area contributed by atoms with E-state index in [9.17, 15) is 19.5 Å². The van der Waals surface area contributed by atoms with Crippen molar-refractivity contribution in [3.63, 3.8) is 0 Å². The van der Waals surface area contributed by atoms with Crippen molar-refractivity contribution in [3.8, 4) is 0 Å². The zero-order valence-corrected chi connectivity index (χ0v) is 25.0. The van der Waals surface area contributed by atoms with Gasteiger partial charge in [-0.1, -0.05) is 20.8 Å². The molecule has 0 aromatic carbocycles. The molecular weight excluding hydrogens is 540 g/mol. The number of rotatable bonds is 6. The Morgan fingerprint density at radius 3 is 2.21 bits per heavy atom. The molecule has 2 aromatic heterocycles. The van der Waals surface area contributed by atoms with Crippen LogP contribution in [0.2, 0.25) is 0 Å². The average Bonchev–Trinajstić information content (AvgIpc) is 3.36. The molecule has 2 aromatic rings. The van der Waals surface area contributed by atoms with E-state index in [4.69, 9.17) is 9.57 Å². The summed E-state index contributed by atoms with van der Waals surface area (Å²) in [5.41, 5.74) is 0.332. The maximum atomic E-state index is 13.7. The second-order valence-electron chi connectivity index (χ2n) is 14.1. The van der Waals surface area contributed by atoms with Gasteiger partial charge in [0.2, 0.25) is 0 Å². The number of hydrogen-bond acceptors (Lipinski definition) is 9. The third-order valence-corrected chi connectivity index (χ3v) is 10.1. The number of nitrogens with zero attached hydrogens (tertiary/aromatic N) is 6. The van der Waals surface area contributed by atoms with Crippen molar-refractivity contribution in [1.82, 2.24) is 24.6 Å². The number of amides is 1. The highest BCUT2D eigenvalue weighted by Gasteiger charge is 2.57. The molecule has 1 N–H and O–H groups in total. The van der Waals surface area contributed by atoms with E-state index in [1.54, 1.807) is 6.33 Å². The molecule has 4 bridgehead atoms. The average molecular weight is 583 g/mol. The Balaban J connectivity index is 1.24. The van der Waals surface area contributed by atoms with E-state index in [-0.39, 0.29) is 23.8 Å². The Hall–Kier alpha value is -3.44. The number of carboxylic acids is 1. The van der Waals surface area contributed by atoms with Crippen LogP contribution in [-0.4, -0.2) is 73.5 Å². The van der Waals surface area contributed by atoms with Crippen molar-refractivity contribution in [2.24, 2.45) is 29.1 Å². The fraction of sp³-hybridized carbons (Fsp3) is 0.733. The molecule has 4 saturated carbocycles. The van der Waals surface area contributed by atoms with Crippen molar-refractivity contribution in [3.05, 3.63) is 12.7 Å². The third-order valence-electron chi connectivity index (χ3n) is 10.1. The molecule has 42 heavy (non-hydrogen) atoms. The number of hydrogen-bond donors (Lipinski definition) is 1. The molecule has 12 heteroatoms. The summed E-state index contributed by atoms with van der Waals surface area (Å²) in [6.07, 6.45) is 9.79. The highest BCUT2D eigenvalue weighted by Crippen LogP contribution is 2.58. The summed E-state index contributed by atoms with van der Waals surface area (Å²) in [6.45, 7) is 7.28. The smallest absolute Gasteiger partial charge is 0.443 e. The zero-order valence-electron chi connectivity index (χ0n) is 25.0. The Kier molecular flexibility index (Phi) is 7.29. The van der Waals surface area contributed by atoms with Crippen LogP contribution in [0.5, 0.6) is 0 Å². The van der Waals surface area contributed by atoms with Gasteiger partial charge in [-0.25, -0.2) is 24.5 Å². The summed E-state index contributed by atoms with van der Waals surface area (Å²) in [5, 5.41) is 10.7. The molecule has 3 heterocycles. The lowest BCUT2D eigenvalue weighted by Crippen LogP contribution is -2.61. The van der Waals surface area contributed by atoms with Gasteiger partial charge in [-0.15, -0.1) is 5.06 Å². The molecule has 1 saturated heterocycles. The molecule has 12 nitrogen and oxygen atoms in total. The van der Waals surface area contributed by atoms with E-state index >= 15 is 0 Å². The first-order chi connectivity index (χ1) is 20.0. The van der Waals surface area contributed by atoms with Gasteiger partial charge < -0.3 is 24.1 Å². The number of piperidine rings is 1. The Morgan fingerprint density at radius 2 is 1.67 bits per heavy atom. The number of anilines is 1. The van der Waals surface area contributed by atoms with Gasteiger partial charge in [0.1, 0.15) is 6.33 Å². The third kappa shape index (κ3) is 5.17. The Bertz CT molecular complexity index is 1320. The van der Waals surface area contributed by atoms with Gasteiger partial charge in [0.15, 0.2) is 17.0 Å². The van der Waals surface area contributed by atoms with Crippen LogP contribution < -0.4 is 4.90 Å². The van der Waals surface area contributed by atoms with E-state index in [2.05, 4.69) is 19.9 Å². The standard InChI is InChI=1S/C30H42N6O6/c1-29(2,3)22(35-17-33-24-25(31-16-32-26(24)35)34-7-5-21(6-8-34)27(38)39)12-23(37)42-36(28(40)41-4)30-13-18-9-19(14-30)11-20(10-18)15-30/h16-22H,5-15H2,1-4H3,(H,38,39)/t18?,19?,20?,22-,30?/m0/s1. The molecule has 1 atom stereocenters. The van der Waals surface area contributed by atoms with Crippen LogP contribution in [0.15, 0.2) is 12.7 Å². The predicted molar refractivity (Wildman–Crippen MR) is 152 cm³/mol. The van der Waals surface area contributed by atoms with Crippen molar-refractivity contribution < 1.29 is 29.1 Å². The topological polar surface area (TPSA) is 140 Å². The van der Waals surface area contributed by atoms with Crippen molar-refractivity contribution >= 4 is 35.0 Å². The quantitative estimate of drug-likeness (QED) is 0.481. The van der Waals surface area contributed by atoms with Crippen LogP contribution in [0.3, 0.4) is 0 Å². The van der Waals surface area contributed by atoms with Gasteiger partial charge >= 0.3 is 18.0 Å². The lowest BCUT2D eigenvalue weighted by molar-refractivity contribution is -0.233. The summed E-state index contributed by atoms with van der Waals surface area (Å²) < 4.78 is 7.04. The number of imidazole rings is 1.